The Balaban J connectivity index is 0.000000421. The number of anilines is 1. The van der Waals surface area contributed by atoms with Gasteiger partial charge in [-0.3, -0.25) is 14.6 Å². The Morgan fingerprint density at radius 2 is 1.60 bits per heavy atom. The molecule has 0 radical (unpaired) electrons. The smallest absolute Gasteiger partial charge is 0.475 e. The zero-order chi connectivity index (χ0) is 33.9. The molecule has 2 aromatic heterocycles. The number of benzene rings is 1. The zero-order valence-corrected chi connectivity index (χ0v) is 23.6. The number of nitrogens with one attached hydrogen (secondary N) is 3. The van der Waals surface area contributed by atoms with Crippen molar-refractivity contribution in [2.24, 2.45) is 0 Å². The first-order chi connectivity index (χ1) is 20.9. The van der Waals surface area contributed by atoms with E-state index in [0.717, 1.165) is 34.6 Å². The largest absolute Gasteiger partial charge is 0.490 e. The summed E-state index contributed by atoms with van der Waals surface area (Å²) in [5, 5.41) is 20.0. The fraction of sp³-hybridized carbons (Fsp3) is 0.250. The summed E-state index contributed by atoms with van der Waals surface area (Å²) < 4.78 is 63.5. The first-order valence-electron chi connectivity index (χ1n) is 12.7. The number of amides is 2. The average molecular weight is 644 g/mol. The molecule has 242 valence electrons. The Labute approximate surface area is 251 Å². The van der Waals surface area contributed by atoms with Gasteiger partial charge in [0, 0.05) is 60.0 Å². The van der Waals surface area contributed by atoms with Gasteiger partial charge in [0.1, 0.15) is 0 Å². The van der Waals surface area contributed by atoms with Gasteiger partial charge in [-0.2, -0.15) is 26.3 Å². The number of fused-ring (bicyclic) bond motifs is 1. The third-order valence-electron chi connectivity index (χ3n) is 5.53. The van der Waals surface area contributed by atoms with Crippen LogP contribution < -0.4 is 10.6 Å². The number of nitrogens with zero attached hydrogens (tertiary/aromatic N) is 2. The van der Waals surface area contributed by atoms with E-state index in [4.69, 9.17) is 19.8 Å². The highest BCUT2D eigenvalue weighted by Crippen LogP contribution is 2.28. The van der Waals surface area contributed by atoms with E-state index in [0.29, 0.717) is 24.3 Å². The molecule has 0 spiro atoms. The Morgan fingerprint density at radius 1 is 0.978 bits per heavy atom. The molecule has 2 amide bonds. The minimum absolute atomic E-state index is 0.0406. The first-order valence-corrected chi connectivity index (χ1v) is 12.7. The van der Waals surface area contributed by atoms with E-state index < -0.39 is 24.3 Å². The number of carbonyl (C=O) groups is 4. The Bertz CT molecular complexity index is 1530. The highest BCUT2D eigenvalue weighted by molar-refractivity contribution is 6.00. The van der Waals surface area contributed by atoms with Crippen LogP contribution in [0.3, 0.4) is 0 Å². The summed E-state index contributed by atoms with van der Waals surface area (Å²) in [6.45, 7) is 1.35. The Kier molecular flexibility index (Phi) is 12.4. The summed E-state index contributed by atoms with van der Waals surface area (Å²) in [6.07, 6.45) is -4.27. The summed E-state index contributed by atoms with van der Waals surface area (Å²) in [4.78, 5) is 51.8. The molecule has 1 aromatic carbocycles. The maximum Gasteiger partial charge on any atom is 0.490 e. The van der Waals surface area contributed by atoms with Crippen molar-refractivity contribution in [3.05, 3.63) is 72.1 Å². The second-order valence-electron chi connectivity index (χ2n) is 9.35. The highest BCUT2D eigenvalue weighted by atomic mass is 19.4. The van der Waals surface area contributed by atoms with E-state index in [-0.39, 0.29) is 11.8 Å². The van der Waals surface area contributed by atoms with Gasteiger partial charge in [-0.25, -0.2) is 9.59 Å². The third kappa shape index (κ3) is 11.8. The molecule has 0 aliphatic carbocycles. The number of aromatic nitrogens is 2. The van der Waals surface area contributed by atoms with Crippen molar-refractivity contribution in [1.82, 2.24) is 20.2 Å². The van der Waals surface area contributed by atoms with Gasteiger partial charge in [0.25, 0.3) is 5.91 Å². The molecule has 1 aliphatic heterocycles. The van der Waals surface area contributed by atoms with Crippen molar-refractivity contribution < 1.29 is 55.7 Å². The molecular weight excluding hydrogens is 616 g/mol. The molecule has 3 aromatic rings. The van der Waals surface area contributed by atoms with E-state index in [9.17, 15) is 35.9 Å². The van der Waals surface area contributed by atoms with E-state index in [1.807, 2.05) is 67.5 Å². The lowest BCUT2D eigenvalue weighted by Crippen LogP contribution is -2.31. The molecule has 1 aliphatic rings. The van der Waals surface area contributed by atoms with E-state index in [1.165, 1.54) is 6.08 Å². The van der Waals surface area contributed by atoms with Crippen molar-refractivity contribution in [2.75, 3.05) is 32.5 Å². The average Bonchev–Trinajstić information content (AvgIpc) is 3.39. The molecule has 4 rings (SSSR count). The van der Waals surface area contributed by atoms with Gasteiger partial charge >= 0.3 is 24.3 Å². The van der Waals surface area contributed by atoms with E-state index in [1.54, 1.807) is 6.20 Å². The number of aromatic amines is 1. The first kappa shape index (κ1) is 36.0. The lowest BCUT2D eigenvalue weighted by atomic mass is 10.1. The number of hydrogen-bond acceptors (Lipinski definition) is 6. The highest BCUT2D eigenvalue weighted by Gasteiger charge is 2.38. The van der Waals surface area contributed by atoms with Crippen molar-refractivity contribution in [3.8, 4) is 22.5 Å². The van der Waals surface area contributed by atoms with Crippen molar-refractivity contribution in [2.45, 2.75) is 18.8 Å². The molecule has 3 heterocycles. The second kappa shape index (κ2) is 15.5. The van der Waals surface area contributed by atoms with Crippen LogP contribution in [0.25, 0.3) is 22.5 Å². The number of carboxylic acids is 2. The number of H-pyrrole nitrogens is 1. The standard InChI is InChI=1S/C24H25N5O2.2C2HF3O2/c1-29(2)12-4-7-23(30)27-18-6-3-5-16(13-18)21-14-17(8-10-25-21)22-15-19-20(28-22)9-11-26-24(19)31;2*3-2(4,5)1(6)7/h3-8,10,13-15,28H,9,11-12H2,1-2H3,(H,26,31)(H,27,30);2*(H,6,7)/b7-4+;;. The van der Waals surface area contributed by atoms with Crippen molar-refractivity contribution in [3.63, 3.8) is 0 Å². The molecule has 0 saturated carbocycles. The van der Waals surface area contributed by atoms with Crippen LogP contribution in [0.2, 0.25) is 0 Å². The molecular formula is C28H27F6N5O6. The lowest BCUT2D eigenvalue weighted by Gasteiger charge is -2.11. The summed E-state index contributed by atoms with van der Waals surface area (Å²) >= 11 is 0. The fourth-order valence-electron chi connectivity index (χ4n) is 3.52. The molecule has 11 nitrogen and oxygen atoms in total. The molecule has 0 atom stereocenters. The molecule has 5 N–H and O–H groups in total. The minimum atomic E-state index is -5.08. The van der Waals surface area contributed by atoms with Crippen LogP contribution in [0.5, 0.6) is 0 Å². The number of hydrogen-bond donors (Lipinski definition) is 5. The number of rotatable bonds is 6. The molecule has 45 heavy (non-hydrogen) atoms. The number of halogens is 6. The Morgan fingerprint density at radius 3 is 2.16 bits per heavy atom. The zero-order valence-electron chi connectivity index (χ0n) is 23.6. The van der Waals surface area contributed by atoms with Crippen LogP contribution in [0.1, 0.15) is 16.1 Å². The topological polar surface area (TPSA) is 165 Å². The van der Waals surface area contributed by atoms with Gasteiger partial charge in [-0.05, 0) is 44.4 Å². The predicted molar refractivity (Wildman–Crippen MR) is 149 cm³/mol. The maximum atomic E-state index is 12.1. The summed E-state index contributed by atoms with van der Waals surface area (Å²) in [7, 11) is 3.90. The predicted octanol–water partition coefficient (Wildman–Crippen LogP) is 4.35. The van der Waals surface area contributed by atoms with E-state index in [2.05, 4.69) is 20.6 Å². The Hall–Kier alpha value is -5.19. The number of carboxylic acid groups (broad SMARTS) is 2. The summed E-state index contributed by atoms with van der Waals surface area (Å²) in [5.41, 5.74) is 5.89. The molecule has 0 saturated heterocycles. The monoisotopic (exact) mass is 643 g/mol. The molecule has 17 heteroatoms. The van der Waals surface area contributed by atoms with Gasteiger partial charge < -0.3 is 30.7 Å². The van der Waals surface area contributed by atoms with Crippen LogP contribution in [0.15, 0.2) is 60.8 Å². The summed E-state index contributed by atoms with van der Waals surface area (Å²) in [5.74, 6) is -5.72. The molecule has 0 fully saturated rings. The SMILES string of the molecule is CN(C)C/C=C/C(=O)Nc1cccc(-c2cc(-c3cc4c([nH]3)CCNC4=O)ccn2)c1.O=C(O)C(F)(F)F.O=C(O)C(F)(F)F. The van der Waals surface area contributed by atoms with Gasteiger partial charge in [-0.1, -0.05) is 18.2 Å². The van der Waals surface area contributed by atoms with Crippen LogP contribution in [0.4, 0.5) is 32.0 Å². The second-order valence-corrected chi connectivity index (χ2v) is 9.35. The van der Waals surface area contributed by atoms with Gasteiger partial charge in [0.15, 0.2) is 0 Å². The quantitative estimate of drug-likeness (QED) is 0.195. The van der Waals surface area contributed by atoms with Crippen molar-refractivity contribution in [1.29, 1.82) is 0 Å². The number of likely N-dealkylation sites (N-methyl/N-ethyl adjacent to an activating group) is 1. The van der Waals surface area contributed by atoms with Crippen LogP contribution in [-0.2, 0) is 20.8 Å². The number of carbonyl (C=O) groups excluding carboxylic acids is 2. The van der Waals surface area contributed by atoms with Gasteiger partial charge in [0.05, 0.1) is 11.3 Å². The van der Waals surface area contributed by atoms with Crippen LogP contribution in [0, 0.1) is 0 Å². The minimum Gasteiger partial charge on any atom is -0.475 e. The number of aliphatic carboxylic acids is 2. The number of alkyl halides is 6. The van der Waals surface area contributed by atoms with Gasteiger partial charge in [0.2, 0.25) is 5.91 Å². The van der Waals surface area contributed by atoms with E-state index >= 15 is 0 Å². The fourth-order valence-corrected chi connectivity index (χ4v) is 3.52. The normalized spacial score (nSPS) is 12.7. The molecule has 0 bridgehead atoms. The lowest BCUT2D eigenvalue weighted by molar-refractivity contribution is -0.193. The third-order valence-corrected chi connectivity index (χ3v) is 5.53. The van der Waals surface area contributed by atoms with Crippen molar-refractivity contribution >= 4 is 29.4 Å². The van der Waals surface area contributed by atoms with Crippen LogP contribution in [-0.4, -0.2) is 88.4 Å². The maximum absolute atomic E-state index is 12.1. The number of pyridine rings is 1. The summed E-state index contributed by atoms with van der Waals surface area (Å²) in [6, 6.07) is 13.4. The van der Waals surface area contributed by atoms with Crippen LogP contribution >= 0.6 is 0 Å². The molecule has 0 unspecified atom stereocenters. The van der Waals surface area contributed by atoms with Gasteiger partial charge in [-0.15, -0.1) is 0 Å².